The first kappa shape index (κ1) is 20.9. The molecule has 4 rings (SSSR count). The first-order valence-electron chi connectivity index (χ1n) is 12.0. The zero-order chi connectivity index (χ0) is 20.2. The van der Waals surface area contributed by atoms with Crippen LogP contribution < -0.4 is 0 Å². The number of amides is 1. The number of rotatable bonds is 6. The lowest BCUT2D eigenvalue weighted by Gasteiger charge is -2.42. The summed E-state index contributed by atoms with van der Waals surface area (Å²) in [6.07, 6.45) is 13.8. The molecule has 3 fully saturated rings. The van der Waals surface area contributed by atoms with E-state index in [0.717, 1.165) is 49.8 Å². The zero-order valence-electron chi connectivity index (χ0n) is 18.3. The SMILES string of the molecule is CC(C)[C@H]1CC[C@@H](OC[C@H]2[C@@H](c3cc[nH]n3)CCCN2C(=O)C2CCCC2)CC1. The van der Waals surface area contributed by atoms with Crippen LogP contribution in [0.5, 0.6) is 0 Å². The molecular weight excluding hydrogens is 362 g/mol. The maximum Gasteiger partial charge on any atom is 0.226 e. The number of H-pyrrole nitrogens is 1. The van der Waals surface area contributed by atoms with Crippen LogP contribution in [0.1, 0.15) is 89.7 Å². The third-order valence-corrected chi connectivity index (χ3v) is 7.83. The van der Waals surface area contributed by atoms with Crippen LogP contribution in [0.4, 0.5) is 0 Å². The van der Waals surface area contributed by atoms with Gasteiger partial charge in [0.25, 0.3) is 0 Å². The van der Waals surface area contributed by atoms with Gasteiger partial charge in [0.05, 0.1) is 24.4 Å². The van der Waals surface area contributed by atoms with Crippen molar-refractivity contribution in [2.24, 2.45) is 17.8 Å². The van der Waals surface area contributed by atoms with E-state index < -0.39 is 0 Å². The highest BCUT2D eigenvalue weighted by Crippen LogP contribution is 2.37. The number of nitrogens with zero attached hydrogens (tertiary/aromatic N) is 2. The van der Waals surface area contributed by atoms with Crippen molar-refractivity contribution in [3.8, 4) is 0 Å². The van der Waals surface area contributed by atoms with Crippen LogP contribution in [0.2, 0.25) is 0 Å². The van der Waals surface area contributed by atoms with E-state index in [1.807, 2.05) is 6.20 Å². The highest BCUT2D eigenvalue weighted by atomic mass is 16.5. The molecule has 1 N–H and O–H groups in total. The predicted octanol–water partition coefficient (Wildman–Crippen LogP) is 4.91. The van der Waals surface area contributed by atoms with Gasteiger partial charge in [-0.1, -0.05) is 26.7 Å². The van der Waals surface area contributed by atoms with Crippen LogP contribution in [-0.4, -0.2) is 46.3 Å². The molecule has 0 spiro atoms. The van der Waals surface area contributed by atoms with E-state index >= 15 is 0 Å². The number of likely N-dealkylation sites (tertiary alicyclic amines) is 1. The van der Waals surface area contributed by atoms with Crippen molar-refractivity contribution in [2.45, 2.75) is 96.1 Å². The first-order valence-corrected chi connectivity index (χ1v) is 12.0. The number of aromatic nitrogens is 2. The molecule has 0 radical (unpaired) electrons. The molecule has 3 aliphatic rings. The maximum absolute atomic E-state index is 13.3. The van der Waals surface area contributed by atoms with E-state index in [0.29, 0.717) is 18.6 Å². The molecule has 2 atom stereocenters. The number of aromatic amines is 1. The molecule has 2 aliphatic carbocycles. The topological polar surface area (TPSA) is 58.2 Å². The molecule has 1 saturated heterocycles. The second-order valence-electron chi connectivity index (χ2n) is 9.94. The molecule has 0 bridgehead atoms. The number of hydrogen-bond acceptors (Lipinski definition) is 3. The van der Waals surface area contributed by atoms with Gasteiger partial charge in [0.2, 0.25) is 5.91 Å². The lowest BCUT2D eigenvalue weighted by atomic mass is 9.80. The zero-order valence-corrected chi connectivity index (χ0v) is 18.3. The summed E-state index contributed by atoms with van der Waals surface area (Å²) in [5, 5.41) is 7.46. The number of ether oxygens (including phenoxy) is 1. The summed E-state index contributed by atoms with van der Waals surface area (Å²) in [6, 6.07) is 2.21. The minimum absolute atomic E-state index is 0.128. The number of hydrogen-bond donors (Lipinski definition) is 1. The Morgan fingerprint density at radius 2 is 1.90 bits per heavy atom. The summed E-state index contributed by atoms with van der Waals surface area (Å²) in [5.41, 5.74) is 1.09. The smallest absolute Gasteiger partial charge is 0.226 e. The molecule has 5 heteroatoms. The monoisotopic (exact) mass is 401 g/mol. The van der Waals surface area contributed by atoms with Crippen molar-refractivity contribution in [1.29, 1.82) is 0 Å². The fourth-order valence-corrected chi connectivity index (χ4v) is 5.92. The number of carbonyl (C=O) groups excluding carboxylic acids is 1. The third kappa shape index (κ3) is 4.87. The molecule has 162 valence electrons. The van der Waals surface area contributed by atoms with E-state index in [2.05, 4.69) is 35.0 Å². The van der Waals surface area contributed by atoms with Crippen LogP contribution in [0, 0.1) is 17.8 Å². The highest BCUT2D eigenvalue weighted by molar-refractivity contribution is 5.79. The summed E-state index contributed by atoms with van der Waals surface area (Å²) in [7, 11) is 0. The standard InChI is InChI=1S/C24H39N3O2/c1-17(2)18-9-11-20(12-10-18)29-16-23-21(22-13-14-25-26-22)8-5-15-27(23)24(28)19-6-3-4-7-19/h13-14,17-21,23H,3-12,15-16H2,1-2H3,(H,25,26)/t18-,20+,21-,23+/m1/s1. The second kappa shape index (κ2) is 9.63. The fraction of sp³-hybridized carbons (Fsp3) is 0.833. The van der Waals surface area contributed by atoms with E-state index in [1.54, 1.807) is 0 Å². The Hall–Kier alpha value is -1.36. The molecule has 2 heterocycles. The molecule has 5 nitrogen and oxygen atoms in total. The number of piperidine rings is 1. The van der Waals surface area contributed by atoms with Gasteiger partial charge in [-0.3, -0.25) is 9.89 Å². The average Bonchev–Trinajstić information content (AvgIpc) is 3.46. The van der Waals surface area contributed by atoms with Gasteiger partial charge in [-0.2, -0.15) is 5.10 Å². The van der Waals surface area contributed by atoms with Crippen LogP contribution in [-0.2, 0) is 9.53 Å². The van der Waals surface area contributed by atoms with Gasteiger partial charge < -0.3 is 9.64 Å². The Balaban J connectivity index is 1.43. The lowest BCUT2D eigenvalue weighted by molar-refractivity contribution is -0.142. The summed E-state index contributed by atoms with van der Waals surface area (Å²) in [4.78, 5) is 15.5. The van der Waals surface area contributed by atoms with Crippen LogP contribution >= 0.6 is 0 Å². The largest absolute Gasteiger partial charge is 0.376 e. The molecule has 29 heavy (non-hydrogen) atoms. The van der Waals surface area contributed by atoms with Crippen LogP contribution in [0.15, 0.2) is 12.3 Å². The normalized spacial score (nSPS) is 31.5. The van der Waals surface area contributed by atoms with Crippen molar-refractivity contribution >= 4 is 5.91 Å². The third-order valence-electron chi connectivity index (χ3n) is 7.83. The van der Waals surface area contributed by atoms with Gasteiger partial charge in [-0.05, 0) is 69.3 Å². The van der Waals surface area contributed by atoms with Crippen molar-refractivity contribution in [3.05, 3.63) is 18.0 Å². The Kier molecular flexibility index (Phi) is 6.94. The van der Waals surface area contributed by atoms with E-state index in [4.69, 9.17) is 4.74 Å². The molecule has 1 aliphatic heterocycles. The van der Waals surface area contributed by atoms with Crippen LogP contribution in [0.3, 0.4) is 0 Å². The molecule has 1 aromatic rings. The predicted molar refractivity (Wildman–Crippen MR) is 115 cm³/mol. The minimum Gasteiger partial charge on any atom is -0.376 e. The fourth-order valence-electron chi connectivity index (χ4n) is 5.92. The van der Waals surface area contributed by atoms with E-state index in [-0.39, 0.29) is 17.9 Å². The summed E-state index contributed by atoms with van der Waals surface area (Å²) in [5.74, 6) is 2.52. The summed E-state index contributed by atoms with van der Waals surface area (Å²) in [6.45, 7) is 6.22. The number of carbonyl (C=O) groups is 1. The Bertz CT molecular complexity index is 631. The Labute approximate surface area is 176 Å². The van der Waals surface area contributed by atoms with Gasteiger partial charge >= 0.3 is 0 Å². The Morgan fingerprint density at radius 1 is 1.14 bits per heavy atom. The van der Waals surface area contributed by atoms with Gasteiger partial charge in [0.15, 0.2) is 0 Å². The molecular formula is C24H39N3O2. The summed E-state index contributed by atoms with van der Waals surface area (Å²) < 4.78 is 6.49. The van der Waals surface area contributed by atoms with Gasteiger partial charge in [0.1, 0.15) is 0 Å². The molecule has 1 aromatic heterocycles. The second-order valence-corrected chi connectivity index (χ2v) is 9.94. The van der Waals surface area contributed by atoms with Crippen molar-refractivity contribution in [3.63, 3.8) is 0 Å². The quantitative estimate of drug-likeness (QED) is 0.737. The van der Waals surface area contributed by atoms with Crippen molar-refractivity contribution in [1.82, 2.24) is 15.1 Å². The van der Waals surface area contributed by atoms with Gasteiger partial charge in [-0.15, -0.1) is 0 Å². The summed E-state index contributed by atoms with van der Waals surface area (Å²) >= 11 is 0. The first-order chi connectivity index (χ1) is 14.1. The van der Waals surface area contributed by atoms with Crippen LogP contribution in [0.25, 0.3) is 0 Å². The molecule has 1 amide bonds. The highest BCUT2D eigenvalue weighted by Gasteiger charge is 2.39. The van der Waals surface area contributed by atoms with Gasteiger partial charge in [0, 0.05) is 24.6 Å². The minimum atomic E-state index is 0.128. The van der Waals surface area contributed by atoms with Crippen molar-refractivity contribution in [2.75, 3.05) is 13.2 Å². The van der Waals surface area contributed by atoms with Crippen molar-refractivity contribution < 1.29 is 9.53 Å². The molecule has 0 aromatic carbocycles. The average molecular weight is 402 g/mol. The van der Waals surface area contributed by atoms with Gasteiger partial charge in [-0.25, -0.2) is 0 Å². The molecule has 2 saturated carbocycles. The maximum atomic E-state index is 13.3. The lowest BCUT2D eigenvalue weighted by Crippen LogP contribution is -2.52. The number of nitrogens with one attached hydrogen (secondary N) is 1. The molecule has 0 unspecified atom stereocenters. The van der Waals surface area contributed by atoms with E-state index in [9.17, 15) is 4.79 Å². The Morgan fingerprint density at radius 3 is 2.55 bits per heavy atom. The van der Waals surface area contributed by atoms with E-state index in [1.165, 1.54) is 38.5 Å².